The lowest BCUT2D eigenvalue weighted by Gasteiger charge is -2.31. The third kappa shape index (κ3) is 3.61. The predicted molar refractivity (Wildman–Crippen MR) is 86.7 cm³/mol. The van der Waals surface area contributed by atoms with E-state index in [0.29, 0.717) is 13.0 Å². The van der Waals surface area contributed by atoms with Crippen LogP contribution in [0, 0.1) is 5.82 Å². The standard InChI is InChI=1S/C15H17ClFN3O3S/c1-20-9-10(8-18-20)15-13(3-2-6-23-15)19-24(21,22)14-7-11(17)4-5-12(14)16/h4-5,7-9,13,15,19H,2-3,6H2,1H3/t13-,15+/m0/s1. The molecule has 2 atom stereocenters. The highest BCUT2D eigenvalue weighted by atomic mass is 35.5. The lowest BCUT2D eigenvalue weighted by Crippen LogP contribution is -2.42. The van der Waals surface area contributed by atoms with Crippen LogP contribution in [0.4, 0.5) is 4.39 Å². The van der Waals surface area contributed by atoms with Gasteiger partial charge < -0.3 is 4.74 Å². The molecule has 1 aliphatic rings. The fourth-order valence-corrected chi connectivity index (χ4v) is 4.55. The molecule has 0 saturated carbocycles. The monoisotopic (exact) mass is 373 g/mol. The van der Waals surface area contributed by atoms with Crippen molar-refractivity contribution < 1.29 is 17.5 Å². The number of nitrogens with zero attached hydrogens (tertiary/aromatic N) is 2. The molecule has 130 valence electrons. The number of hydrogen-bond acceptors (Lipinski definition) is 4. The Morgan fingerprint density at radius 2 is 2.25 bits per heavy atom. The highest BCUT2D eigenvalue weighted by molar-refractivity contribution is 7.89. The van der Waals surface area contributed by atoms with Gasteiger partial charge in [0.05, 0.1) is 17.3 Å². The van der Waals surface area contributed by atoms with Gasteiger partial charge in [0.2, 0.25) is 10.0 Å². The van der Waals surface area contributed by atoms with Crippen LogP contribution < -0.4 is 4.72 Å². The molecule has 1 saturated heterocycles. The van der Waals surface area contributed by atoms with Crippen LogP contribution in [-0.4, -0.2) is 30.8 Å². The second kappa shape index (κ2) is 6.79. The van der Waals surface area contributed by atoms with Crippen LogP contribution in [0.25, 0.3) is 0 Å². The summed E-state index contributed by atoms with van der Waals surface area (Å²) in [5.41, 5.74) is 0.787. The summed E-state index contributed by atoms with van der Waals surface area (Å²) in [6.07, 6.45) is 4.31. The number of aromatic nitrogens is 2. The largest absolute Gasteiger partial charge is 0.372 e. The second-order valence-corrected chi connectivity index (χ2v) is 7.77. The maximum absolute atomic E-state index is 13.4. The zero-order chi connectivity index (χ0) is 17.3. The van der Waals surface area contributed by atoms with Gasteiger partial charge >= 0.3 is 0 Å². The Kier molecular flexibility index (Phi) is 4.91. The number of benzene rings is 1. The molecule has 6 nitrogen and oxygen atoms in total. The van der Waals surface area contributed by atoms with E-state index in [1.165, 1.54) is 6.07 Å². The zero-order valence-corrected chi connectivity index (χ0v) is 14.5. The van der Waals surface area contributed by atoms with Crippen molar-refractivity contribution in [2.24, 2.45) is 7.05 Å². The maximum atomic E-state index is 13.4. The molecule has 3 rings (SSSR count). The topological polar surface area (TPSA) is 73.2 Å². The molecule has 0 aliphatic carbocycles. The average Bonchev–Trinajstić information content (AvgIpc) is 2.96. The molecule has 1 N–H and O–H groups in total. The van der Waals surface area contributed by atoms with Crippen LogP contribution >= 0.6 is 11.6 Å². The number of hydrogen-bond donors (Lipinski definition) is 1. The summed E-state index contributed by atoms with van der Waals surface area (Å²) < 4.78 is 48.6. The van der Waals surface area contributed by atoms with E-state index < -0.39 is 28.0 Å². The summed E-state index contributed by atoms with van der Waals surface area (Å²) in [4.78, 5) is -0.278. The van der Waals surface area contributed by atoms with Gasteiger partial charge in [0.15, 0.2) is 0 Å². The van der Waals surface area contributed by atoms with Gasteiger partial charge in [0.1, 0.15) is 16.8 Å². The van der Waals surface area contributed by atoms with Crippen molar-refractivity contribution in [2.75, 3.05) is 6.61 Å². The van der Waals surface area contributed by atoms with E-state index in [2.05, 4.69) is 9.82 Å². The van der Waals surface area contributed by atoms with Gasteiger partial charge in [-0.1, -0.05) is 11.6 Å². The number of sulfonamides is 1. The van der Waals surface area contributed by atoms with E-state index in [-0.39, 0.29) is 9.92 Å². The van der Waals surface area contributed by atoms with Crippen molar-refractivity contribution in [1.82, 2.24) is 14.5 Å². The smallest absolute Gasteiger partial charge is 0.242 e. The van der Waals surface area contributed by atoms with Crippen LogP contribution in [0.5, 0.6) is 0 Å². The fourth-order valence-electron chi connectivity index (χ4n) is 2.76. The molecule has 9 heteroatoms. The van der Waals surface area contributed by atoms with E-state index in [4.69, 9.17) is 16.3 Å². The van der Waals surface area contributed by atoms with Crippen molar-refractivity contribution in [3.63, 3.8) is 0 Å². The van der Waals surface area contributed by atoms with Gasteiger partial charge in [-0.15, -0.1) is 0 Å². The molecule has 24 heavy (non-hydrogen) atoms. The molecular weight excluding hydrogens is 357 g/mol. The summed E-state index contributed by atoms with van der Waals surface area (Å²) >= 11 is 5.92. The van der Waals surface area contributed by atoms with Crippen LogP contribution in [0.2, 0.25) is 5.02 Å². The Hall–Kier alpha value is -1.48. The van der Waals surface area contributed by atoms with E-state index in [9.17, 15) is 12.8 Å². The fraction of sp³-hybridized carbons (Fsp3) is 0.400. The quantitative estimate of drug-likeness (QED) is 0.893. The molecule has 2 aromatic rings. The van der Waals surface area contributed by atoms with E-state index in [1.54, 1.807) is 24.1 Å². The molecule has 0 amide bonds. The second-order valence-electron chi connectivity index (χ2n) is 5.68. The highest BCUT2D eigenvalue weighted by Crippen LogP contribution is 2.30. The minimum atomic E-state index is -3.98. The number of aryl methyl sites for hydroxylation is 1. The van der Waals surface area contributed by atoms with E-state index in [0.717, 1.165) is 24.1 Å². The molecule has 0 radical (unpaired) electrons. The summed E-state index contributed by atoms with van der Waals surface area (Å²) in [7, 11) is -2.20. The minimum Gasteiger partial charge on any atom is -0.372 e. The van der Waals surface area contributed by atoms with Crippen molar-refractivity contribution in [3.8, 4) is 0 Å². The number of ether oxygens (including phenoxy) is 1. The Labute approximate surface area is 144 Å². The molecule has 1 aromatic heterocycles. The first-order valence-electron chi connectivity index (χ1n) is 7.44. The van der Waals surface area contributed by atoms with E-state index >= 15 is 0 Å². The first kappa shape index (κ1) is 17.3. The molecule has 1 aliphatic heterocycles. The summed E-state index contributed by atoms with van der Waals surface area (Å²) in [5.74, 6) is -0.663. The Bertz CT molecular complexity index is 840. The zero-order valence-electron chi connectivity index (χ0n) is 12.9. The first-order valence-corrected chi connectivity index (χ1v) is 9.30. The summed E-state index contributed by atoms with van der Waals surface area (Å²) in [6.45, 7) is 0.540. The predicted octanol–water partition coefficient (Wildman–Crippen LogP) is 2.41. The normalized spacial score (nSPS) is 21.8. The summed E-state index contributed by atoms with van der Waals surface area (Å²) in [6, 6.07) is 2.77. The molecule has 1 aromatic carbocycles. The molecule has 0 spiro atoms. The van der Waals surface area contributed by atoms with Gasteiger partial charge in [0.25, 0.3) is 0 Å². The molecule has 0 unspecified atom stereocenters. The Morgan fingerprint density at radius 1 is 1.46 bits per heavy atom. The van der Waals surface area contributed by atoms with Crippen LogP contribution in [0.3, 0.4) is 0 Å². The van der Waals surface area contributed by atoms with Gasteiger partial charge in [-0.05, 0) is 31.0 Å². The van der Waals surface area contributed by atoms with Crippen molar-refractivity contribution >= 4 is 21.6 Å². The lowest BCUT2D eigenvalue weighted by molar-refractivity contribution is -0.00446. The third-order valence-electron chi connectivity index (χ3n) is 3.86. The number of rotatable bonds is 4. The number of nitrogens with one attached hydrogen (secondary N) is 1. The third-order valence-corrected chi connectivity index (χ3v) is 5.84. The van der Waals surface area contributed by atoms with Crippen LogP contribution in [0.1, 0.15) is 24.5 Å². The van der Waals surface area contributed by atoms with Gasteiger partial charge in [-0.3, -0.25) is 4.68 Å². The first-order chi connectivity index (χ1) is 11.4. The molecule has 1 fully saturated rings. The molecular formula is C15H17ClFN3O3S. The highest BCUT2D eigenvalue weighted by Gasteiger charge is 2.33. The Morgan fingerprint density at radius 3 is 2.96 bits per heavy atom. The minimum absolute atomic E-state index is 0.0291. The number of halogens is 2. The van der Waals surface area contributed by atoms with Crippen molar-refractivity contribution in [2.45, 2.75) is 29.9 Å². The van der Waals surface area contributed by atoms with E-state index in [1.807, 2.05) is 0 Å². The van der Waals surface area contributed by atoms with Crippen LogP contribution in [0.15, 0.2) is 35.5 Å². The van der Waals surface area contributed by atoms with Crippen LogP contribution in [-0.2, 0) is 21.8 Å². The Balaban J connectivity index is 1.88. The van der Waals surface area contributed by atoms with Crippen molar-refractivity contribution in [3.05, 3.63) is 47.0 Å². The maximum Gasteiger partial charge on any atom is 0.242 e. The van der Waals surface area contributed by atoms with Crippen molar-refractivity contribution in [1.29, 1.82) is 0 Å². The van der Waals surface area contributed by atoms with Gasteiger partial charge in [-0.2, -0.15) is 5.10 Å². The average molecular weight is 374 g/mol. The van der Waals surface area contributed by atoms with Gasteiger partial charge in [-0.25, -0.2) is 17.5 Å². The molecule has 0 bridgehead atoms. The van der Waals surface area contributed by atoms with Gasteiger partial charge in [0, 0.05) is 25.4 Å². The SMILES string of the molecule is Cn1cc([C@H]2OCCC[C@@H]2NS(=O)(=O)c2cc(F)ccc2Cl)cn1. The lowest BCUT2D eigenvalue weighted by atomic mass is 9.99. The summed E-state index contributed by atoms with van der Waals surface area (Å²) in [5, 5.41) is 4.07. The molecule has 2 heterocycles.